The Balaban J connectivity index is 1.44. The van der Waals surface area contributed by atoms with Crippen LogP contribution in [-0.2, 0) is 23.6 Å². The molecule has 0 amide bonds. The molecule has 0 radical (unpaired) electrons. The zero-order chi connectivity index (χ0) is 22.2. The highest BCUT2D eigenvalue weighted by molar-refractivity contribution is 7.89. The van der Waals surface area contributed by atoms with E-state index in [2.05, 4.69) is 15.2 Å². The molecule has 1 saturated heterocycles. The van der Waals surface area contributed by atoms with Crippen molar-refractivity contribution < 1.29 is 8.42 Å². The fourth-order valence-electron chi connectivity index (χ4n) is 3.92. The van der Waals surface area contributed by atoms with E-state index in [0.717, 1.165) is 5.82 Å². The quantitative estimate of drug-likeness (QED) is 0.567. The highest BCUT2D eigenvalue weighted by atomic mass is 32.2. The minimum atomic E-state index is -3.63. The molecule has 1 fully saturated rings. The van der Waals surface area contributed by atoms with Crippen molar-refractivity contribution in [1.29, 1.82) is 0 Å². The first-order valence-electron chi connectivity index (χ1n) is 10.4. The number of imidazole rings is 1. The minimum Gasteiger partial charge on any atom is -0.336 e. The summed E-state index contributed by atoms with van der Waals surface area (Å²) < 4.78 is 32.4. The molecule has 0 N–H and O–H groups in total. The molecular formula is C20H27N7O3S. The molecule has 0 aromatic carbocycles. The number of nitrogens with zero attached hydrogens (tertiary/aromatic N) is 7. The monoisotopic (exact) mass is 445 g/mol. The van der Waals surface area contributed by atoms with E-state index in [1.54, 1.807) is 40.0 Å². The molecule has 0 spiro atoms. The third kappa shape index (κ3) is 4.33. The summed E-state index contributed by atoms with van der Waals surface area (Å²) in [4.78, 5) is 16.6. The molecule has 11 heteroatoms. The molecule has 4 rings (SSSR count). The first kappa shape index (κ1) is 21.4. The van der Waals surface area contributed by atoms with Gasteiger partial charge in [0, 0.05) is 57.3 Å². The Labute approximate surface area is 181 Å². The van der Waals surface area contributed by atoms with E-state index < -0.39 is 10.0 Å². The van der Waals surface area contributed by atoms with Crippen molar-refractivity contribution in [1.82, 2.24) is 33.4 Å². The maximum atomic E-state index is 13.0. The van der Waals surface area contributed by atoms with Gasteiger partial charge in [0.25, 0.3) is 15.6 Å². The molecular weight excluding hydrogens is 418 g/mol. The van der Waals surface area contributed by atoms with Gasteiger partial charge in [0.1, 0.15) is 5.82 Å². The van der Waals surface area contributed by atoms with E-state index in [-0.39, 0.29) is 22.4 Å². The predicted molar refractivity (Wildman–Crippen MR) is 114 cm³/mol. The van der Waals surface area contributed by atoms with Crippen LogP contribution < -0.4 is 5.56 Å². The van der Waals surface area contributed by atoms with E-state index >= 15 is 0 Å². The molecule has 0 unspecified atom stereocenters. The van der Waals surface area contributed by atoms with Crippen LogP contribution in [0.25, 0.3) is 5.82 Å². The molecule has 3 aromatic rings. The lowest BCUT2D eigenvalue weighted by Gasteiger charge is -2.30. The molecule has 0 bridgehead atoms. The van der Waals surface area contributed by atoms with Crippen molar-refractivity contribution in [3.63, 3.8) is 0 Å². The highest BCUT2D eigenvalue weighted by Gasteiger charge is 2.32. The van der Waals surface area contributed by atoms with Crippen LogP contribution in [0.1, 0.15) is 38.4 Å². The van der Waals surface area contributed by atoms with Crippen molar-refractivity contribution >= 4 is 10.0 Å². The Bertz CT molecular complexity index is 1200. The second-order valence-corrected chi connectivity index (χ2v) is 10.1. The lowest BCUT2D eigenvalue weighted by atomic mass is 9.98. The normalized spacial score (nSPS) is 16.3. The van der Waals surface area contributed by atoms with Gasteiger partial charge in [-0.2, -0.15) is 9.40 Å². The van der Waals surface area contributed by atoms with Crippen LogP contribution in [0.4, 0.5) is 0 Å². The molecule has 0 saturated carbocycles. The first-order chi connectivity index (χ1) is 14.8. The van der Waals surface area contributed by atoms with Crippen molar-refractivity contribution in [3.8, 4) is 5.82 Å². The maximum Gasteiger partial charge on any atom is 0.266 e. The summed E-state index contributed by atoms with van der Waals surface area (Å²) in [7, 11) is -1.82. The Morgan fingerprint density at radius 1 is 1.19 bits per heavy atom. The summed E-state index contributed by atoms with van der Waals surface area (Å²) in [5, 5.41) is 8.66. The van der Waals surface area contributed by atoms with Gasteiger partial charge in [0.05, 0.1) is 0 Å². The number of aromatic nitrogens is 6. The summed E-state index contributed by atoms with van der Waals surface area (Å²) in [5.74, 6) is 1.62. The van der Waals surface area contributed by atoms with Crippen LogP contribution in [0.3, 0.4) is 0 Å². The molecule has 3 aromatic heterocycles. The average molecular weight is 446 g/mol. The second-order valence-electron chi connectivity index (χ2n) is 8.21. The van der Waals surface area contributed by atoms with Crippen molar-refractivity contribution in [2.24, 2.45) is 13.0 Å². The minimum absolute atomic E-state index is 0.0990. The Morgan fingerprint density at radius 3 is 2.55 bits per heavy atom. The van der Waals surface area contributed by atoms with Gasteiger partial charge in [-0.05, 0) is 30.9 Å². The third-order valence-corrected chi connectivity index (χ3v) is 7.38. The molecule has 1 aliphatic heterocycles. The average Bonchev–Trinajstić information content (AvgIpc) is 3.40. The van der Waals surface area contributed by atoms with Gasteiger partial charge in [-0.15, -0.1) is 5.10 Å². The highest BCUT2D eigenvalue weighted by Crippen LogP contribution is 2.25. The fraction of sp³-hybridized carbons (Fsp3) is 0.500. The number of hydrogen-bond donors (Lipinski definition) is 0. The molecule has 4 heterocycles. The smallest absolute Gasteiger partial charge is 0.266 e. The lowest BCUT2D eigenvalue weighted by molar-refractivity contribution is 0.244. The van der Waals surface area contributed by atoms with Crippen LogP contribution >= 0.6 is 0 Å². The standard InChI is InChI=1S/C20H27N7O3S/c1-15(2)20-22-18(14-24(20)3)31(29,30)25-11-7-16(8-12-25)13-27-19(28)6-5-17(23-27)26-10-4-9-21-26/h4-6,9-10,14-16H,7-8,11-13H2,1-3H3. The number of aryl methyl sites for hydroxylation is 1. The lowest BCUT2D eigenvalue weighted by Crippen LogP contribution is -2.40. The SMILES string of the molecule is CC(C)c1nc(S(=O)(=O)N2CCC(Cn3nc(-n4cccn4)ccc3=O)CC2)cn1C. The van der Waals surface area contributed by atoms with E-state index in [0.29, 0.717) is 38.3 Å². The van der Waals surface area contributed by atoms with Crippen LogP contribution in [-0.4, -0.2) is 54.9 Å². The first-order valence-corrected chi connectivity index (χ1v) is 11.8. The molecule has 166 valence electrons. The van der Waals surface area contributed by atoms with Crippen LogP contribution in [0, 0.1) is 5.92 Å². The molecule has 10 nitrogen and oxygen atoms in total. The van der Waals surface area contributed by atoms with Crippen molar-refractivity contribution in [2.75, 3.05) is 13.1 Å². The zero-order valence-corrected chi connectivity index (χ0v) is 18.7. The van der Waals surface area contributed by atoms with E-state index in [4.69, 9.17) is 0 Å². The van der Waals surface area contributed by atoms with Crippen LogP contribution in [0.5, 0.6) is 0 Å². The van der Waals surface area contributed by atoms with Gasteiger partial charge in [0.15, 0.2) is 10.8 Å². The summed E-state index contributed by atoms with van der Waals surface area (Å²) >= 11 is 0. The largest absolute Gasteiger partial charge is 0.336 e. The van der Waals surface area contributed by atoms with Gasteiger partial charge in [-0.3, -0.25) is 4.79 Å². The number of piperidine rings is 1. The van der Waals surface area contributed by atoms with Gasteiger partial charge < -0.3 is 4.57 Å². The van der Waals surface area contributed by atoms with E-state index in [9.17, 15) is 13.2 Å². The summed E-state index contributed by atoms with van der Waals surface area (Å²) in [6.07, 6.45) is 6.31. The van der Waals surface area contributed by atoms with Crippen molar-refractivity contribution in [3.05, 3.63) is 53.0 Å². The van der Waals surface area contributed by atoms with Gasteiger partial charge in [-0.25, -0.2) is 22.8 Å². The van der Waals surface area contributed by atoms with Crippen LogP contribution in [0.15, 0.2) is 46.6 Å². The Morgan fingerprint density at radius 2 is 1.94 bits per heavy atom. The number of sulfonamides is 1. The van der Waals surface area contributed by atoms with Crippen LogP contribution in [0.2, 0.25) is 0 Å². The number of rotatable bonds is 6. The Kier molecular flexibility index (Phi) is 5.80. The van der Waals surface area contributed by atoms with E-state index in [1.807, 2.05) is 20.9 Å². The molecule has 0 aliphatic carbocycles. The molecule has 31 heavy (non-hydrogen) atoms. The summed E-state index contributed by atoms with van der Waals surface area (Å²) in [6.45, 7) is 5.22. The maximum absolute atomic E-state index is 13.0. The fourth-order valence-corrected chi connectivity index (χ4v) is 5.37. The Hall–Kier alpha value is -2.79. The van der Waals surface area contributed by atoms with Gasteiger partial charge >= 0.3 is 0 Å². The molecule has 1 aliphatic rings. The van der Waals surface area contributed by atoms with Gasteiger partial charge in [0.2, 0.25) is 0 Å². The topological polar surface area (TPSA) is 108 Å². The summed E-state index contributed by atoms with van der Waals surface area (Å²) in [5.41, 5.74) is -0.180. The predicted octanol–water partition coefficient (Wildman–Crippen LogP) is 1.39. The second kappa shape index (κ2) is 8.39. The summed E-state index contributed by atoms with van der Waals surface area (Å²) in [6, 6.07) is 4.91. The zero-order valence-electron chi connectivity index (χ0n) is 17.9. The number of hydrogen-bond acceptors (Lipinski definition) is 6. The van der Waals surface area contributed by atoms with Crippen molar-refractivity contribution in [2.45, 2.75) is 44.2 Å². The third-order valence-electron chi connectivity index (χ3n) is 5.61. The van der Waals surface area contributed by atoms with Gasteiger partial charge in [-0.1, -0.05) is 13.8 Å². The molecule has 0 atom stereocenters. The van der Waals surface area contributed by atoms with E-state index in [1.165, 1.54) is 15.1 Å².